The fourth-order valence-corrected chi connectivity index (χ4v) is 3.07. The SMILES string of the molecule is Nc1cc(F)ccc1NC(=O)C1C2CCCC21. The first-order valence-electron chi connectivity index (χ1n) is 6.02. The quantitative estimate of drug-likeness (QED) is 0.772. The highest BCUT2D eigenvalue weighted by Gasteiger charge is 2.56. The van der Waals surface area contributed by atoms with E-state index in [4.69, 9.17) is 5.73 Å². The average Bonchev–Trinajstić information content (AvgIpc) is 2.77. The number of benzene rings is 1. The van der Waals surface area contributed by atoms with Crippen molar-refractivity contribution >= 4 is 17.3 Å². The number of hydrogen-bond donors (Lipinski definition) is 2. The Bertz CT molecular complexity index is 464. The molecule has 2 atom stereocenters. The highest BCUT2D eigenvalue weighted by molar-refractivity contribution is 5.97. The lowest BCUT2D eigenvalue weighted by atomic mass is 10.1. The maximum atomic E-state index is 12.9. The Morgan fingerprint density at radius 2 is 2.06 bits per heavy atom. The van der Waals surface area contributed by atoms with Crippen molar-refractivity contribution in [3.8, 4) is 0 Å². The number of fused-ring (bicyclic) bond motifs is 1. The Hall–Kier alpha value is -1.58. The second-order valence-corrected chi connectivity index (χ2v) is 5.01. The minimum Gasteiger partial charge on any atom is -0.397 e. The highest BCUT2D eigenvalue weighted by atomic mass is 19.1. The van der Waals surface area contributed by atoms with Crippen molar-refractivity contribution in [2.24, 2.45) is 17.8 Å². The number of carbonyl (C=O) groups is 1. The molecule has 2 saturated carbocycles. The van der Waals surface area contributed by atoms with Crippen LogP contribution in [0, 0.1) is 23.6 Å². The van der Waals surface area contributed by atoms with Gasteiger partial charge in [-0.05, 0) is 42.9 Å². The summed E-state index contributed by atoms with van der Waals surface area (Å²) in [5.41, 5.74) is 6.45. The van der Waals surface area contributed by atoms with E-state index in [2.05, 4.69) is 5.32 Å². The van der Waals surface area contributed by atoms with Gasteiger partial charge in [-0.3, -0.25) is 4.79 Å². The van der Waals surface area contributed by atoms with Crippen molar-refractivity contribution in [3.63, 3.8) is 0 Å². The van der Waals surface area contributed by atoms with Gasteiger partial charge in [-0.2, -0.15) is 0 Å². The number of halogens is 1. The van der Waals surface area contributed by atoms with Crippen molar-refractivity contribution in [1.29, 1.82) is 0 Å². The summed E-state index contributed by atoms with van der Waals surface area (Å²) in [7, 11) is 0. The summed E-state index contributed by atoms with van der Waals surface area (Å²) >= 11 is 0. The van der Waals surface area contributed by atoms with Crippen LogP contribution in [0.1, 0.15) is 19.3 Å². The number of nitrogens with two attached hydrogens (primary N) is 1. The molecule has 0 spiro atoms. The lowest BCUT2D eigenvalue weighted by Crippen LogP contribution is -2.17. The summed E-state index contributed by atoms with van der Waals surface area (Å²) in [4.78, 5) is 12.0. The van der Waals surface area contributed by atoms with Crippen molar-refractivity contribution < 1.29 is 9.18 Å². The van der Waals surface area contributed by atoms with Crippen molar-refractivity contribution in [2.45, 2.75) is 19.3 Å². The number of carbonyl (C=O) groups excluding carboxylic acids is 1. The van der Waals surface area contributed by atoms with E-state index in [9.17, 15) is 9.18 Å². The Balaban J connectivity index is 1.69. The standard InChI is InChI=1S/C13H15FN2O/c14-7-4-5-11(10(15)6-7)16-13(17)12-8-2-1-3-9(8)12/h4-6,8-9,12H,1-3,15H2,(H,16,17). The lowest BCUT2D eigenvalue weighted by Gasteiger charge is -2.09. The van der Waals surface area contributed by atoms with Crippen LogP contribution in [-0.2, 0) is 4.79 Å². The van der Waals surface area contributed by atoms with Gasteiger partial charge in [0.25, 0.3) is 0 Å². The summed E-state index contributed by atoms with van der Waals surface area (Å²) in [6.07, 6.45) is 3.58. The third kappa shape index (κ3) is 1.77. The van der Waals surface area contributed by atoms with Crippen LogP contribution in [0.3, 0.4) is 0 Å². The van der Waals surface area contributed by atoms with Crippen LogP contribution in [0.15, 0.2) is 18.2 Å². The minimum atomic E-state index is -0.385. The molecule has 1 amide bonds. The maximum Gasteiger partial charge on any atom is 0.228 e. The van der Waals surface area contributed by atoms with E-state index >= 15 is 0 Å². The van der Waals surface area contributed by atoms with Crippen LogP contribution in [0.25, 0.3) is 0 Å². The molecule has 2 unspecified atom stereocenters. The van der Waals surface area contributed by atoms with Crippen LogP contribution < -0.4 is 11.1 Å². The predicted octanol–water partition coefficient (Wildman–Crippen LogP) is 2.39. The smallest absolute Gasteiger partial charge is 0.228 e. The zero-order chi connectivity index (χ0) is 12.0. The van der Waals surface area contributed by atoms with E-state index in [0.717, 1.165) is 0 Å². The molecule has 90 valence electrons. The number of nitrogen functional groups attached to an aromatic ring is 1. The molecule has 0 saturated heterocycles. The van der Waals surface area contributed by atoms with E-state index in [-0.39, 0.29) is 23.3 Å². The zero-order valence-electron chi connectivity index (χ0n) is 9.45. The largest absolute Gasteiger partial charge is 0.397 e. The molecule has 4 heteroatoms. The first-order chi connectivity index (χ1) is 8.16. The van der Waals surface area contributed by atoms with E-state index in [1.807, 2.05) is 0 Å². The van der Waals surface area contributed by atoms with Crippen molar-refractivity contribution in [1.82, 2.24) is 0 Å². The molecule has 17 heavy (non-hydrogen) atoms. The fourth-order valence-electron chi connectivity index (χ4n) is 3.07. The van der Waals surface area contributed by atoms with Gasteiger partial charge < -0.3 is 11.1 Å². The number of rotatable bonds is 2. The van der Waals surface area contributed by atoms with E-state index in [1.54, 1.807) is 0 Å². The monoisotopic (exact) mass is 234 g/mol. The van der Waals surface area contributed by atoms with E-state index in [0.29, 0.717) is 17.5 Å². The van der Waals surface area contributed by atoms with E-state index < -0.39 is 0 Å². The maximum absolute atomic E-state index is 12.9. The topological polar surface area (TPSA) is 55.1 Å². The Kier molecular flexibility index (Phi) is 2.31. The van der Waals surface area contributed by atoms with Gasteiger partial charge in [0.05, 0.1) is 11.4 Å². The van der Waals surface area contributed by atoms with Gasteiger partial charge in [0, 0.05) is 5.92 Å². The third-order valence-electron chi connectivity index (χ3n) is 3.98. The lowest BCUT2D eigenvalue weighted by molar-refractivity contribution is -0.118. The molecule has 0 bridgehead atoms. The molecule has 0 aromatic heterocycles. The van der Waals surface area contributed by atoms with Gasteiger partial charge in [0.1, 0.15) is 5.82 Å². The fraction of sp³-hybridized carbons (Fsp3) is 0.462. The molecule has 0 radical (unpaired) electrons. The number of nitrogens with one attached hydrogen (secondary N) is 1. The number of hydrogen-bond acceptors (Lipinski definition) is 2. The molecule has 3 rings (SSSR count). The van der Waals surface area contributed by atoms with Crippen LogP contribution >= 0.6 is 0 Å². The molecule has 3 nitrogen and oxygen atoms in total. The Morgan fingerprint density at radius 1 is 1.35 bits per heavy atom. The van der Waals surface area contributed by atoms with Gasteiger partial charge in [0.2, 0.25) is 5.91 Å². The number of anilines is 2. The second-order valence-electron chi connectivity index (χ2n) is 5.01. The minimum absolute atomic E-state index is 0.0398. The average molecular weight is 234 g/mol. The summed E-state index contributed by atoms with van der Waals surface area (Å²) in [6.45, 7) is 0. The highest BCUT2D eigenvalue weighted by Crippen LogP contribution is 2.57. The first kappa shape index (κ1) is 10.6. The molecular formula is C13H15FN2O. The molecule has 3 N–H and O–H groups in total. The first-order valence-corrected chi connectivity index (χ1v) is 6.02. The van der Waals surface area contributed by atoms with Crippen LogP contribution in [0.2, 0.25) is 0 Å². The molecule has 1 aromatic carbocycles. The zero-order valence-corrected chi connectivity index (χ0v) is 9.45. The summed E-state index contributed by atoms with van der Waals surface area (Å²) in [5, 5.41) is 2.80. The molecule has 1 aromatic rings. The summed E-state index contributed by atoms with van der Waals surface area (Å²) < 4.78 is 12.9. The normalized spacial score (nSPS) is 29.8. The molecule has 2 fully saturated rings. The Labute approximate surface area is 99.2 Å². The van der Waals surface area contributed by atoms with Gasteiger partial charge in [-0.1, -0.05) is 6.42 Å². The van der Waals surface area contributed by atoms with Gasteiger partial charge in [-0.15, -0.1) is 0 Å². The molecule has 0 heterocycles. The third-order valence-corrected chi connectivity index (χ3v) is 3.98. The van der Waals surface area contributed by atoms with Crippen molar-refractivity contribution in [2.75, 3.05) is 11.1 Å². The molecule has 0 aliphatic heterocycles. The molecule has 2 aliphatic rings. The van der Waals surface area contributed by atoms with Crippen molar-refractivity contribution in [3.05, 3.63) is 24.0 Å². The van der Waals surface area contributed by atoms with Gasteiger partial charge >= 0.3 is 0 Å². The van der Waals surface area contributed by atoms with Crippen LogP contribution in [-0.4, -0.2) is 5.91 Å². The second kappa shape index (κ2) is 3.72. The van der Waals surface area contributed by atoms with Crippen LogP contribution in [0.5, 0.6) is 0 Å². The molecular weight excluding hydrogens is 219 g/mol. The Morgan fingerprint density at radius 3 is 2.71 bits per heavy atom. The van der Waals surface area contributed by atoms with Gasteiger partial charge in [0.15, 0.2) is 0 Å². The van der Waals surface area contributed by atoms with Crippen LogP contribution in [0.4, 0.5) is 15.8 Å². The van der Waals surface area contributed by atoms with Gasteiger partial charge in [-0.25, -0.2) is 4.39 Å². The number of amides is 1. The summed E-state index contributed by atoms with van der Waals surface area (Å²) in [6, 6.07) is 4.05. The molecule has 2 aliphatic carbocycles. The predicted molar refractivity (Wildman–Crippen MR) is 63.8 cm³/mol. The summed E-state index contributed by atoms with van der Waals surface area (Å²) in [5.74, 6) is 0.975. The van der Waals surface area contributed by atoms with E-state index in [1.165, 1.54) is 37.5 Å².